The SMILES string of the molecule is CC(CN1CCCCC1)NC(=O)C1(CN)CC1. The van der Waals surface area contributed by atoms with Crippen molar-refractivity contribution in [3.8, 4) is 0 Å². The topological polar surface area (TPSA) is 58.4 Å². The molecule has 1 atom stereocenters. The number of amides is 1. The Bertz CT molecular complexity index is 270. The highest BCUT2D eigenvalue weighted by Crippen LogP contribution is 2.44. The van der Waals surface area contributed by atoms with Crippen LogP contribution in [0.5, 0.6) is 0 Å². The molecular formula is C13H25N3O. The van der Waals surface area contributed by atoms with E-state index in [1.807, 2.05) is 0 Å². The number of nitrogens with one attached hydrogen (secondary N) is 1. The summed E-state index contributed by atoms with van der Waals surface area (Å²) in [5.41, 5.74) is 5.45. The first kappa shape index (κ1) is 12.8. The van der Waals surface area contributed by atoms with Gasteiger partial charge in [-0.15, -0.1) is 0 Å². The number of carbonyl (C=O) groups excluding carboxylic acids is 1. The molecule has 98 valence electrons. The lowest BCUT2D eigenvalue weighted by molar-refractivity contribution is -0.126. The van der Waals surface area contributed by atoms with Gasteiger partial charge < -0.3 is 16.0 Å². The van der Waals surface area contributed by atoms with Gasteiger partial charge in [-0.2, -0.15) is 0 Å². The third-order valence-corrected chi connectivity index (χ3v) is 4.08. The Morgan fingerprint density at radius 2 is 2.00 bits per heavy atom. The summed E-state index contributed by atoms with van der Waals surface area (Å²) in [7, 11) is 0. The first-order chi connectivity index (χ1) is 8.16. The number of hydrogen-bond acceptors (Lipinski definition) is 3. The van der Waals surface area contributed by atoms with Gasteiger partial charge in [0, 0.05) is 19.1 Å². The molecule has 0 aromatic carbocycles. The van der Waals surface area contributed by atoms with Gasteiger partial charge in [0.05, 0.1) is 5.41 Å². The van der Waals surface area contributed by atoms with Crippen molar-refractivity contribution >= 4 is 5.91 Å². The molecule has 1 aliphatic carbocycles. The minimum absolute atomic E-state index is 0.171. The number of nitrogens with zero attached hydrogens (tertiary/aromatic N) is 1. The van der Waals surface area contributed by atoms with E-state index in [1.54, 1.807) is 0 Å². The molecule has 4 nitrogen and oxygen atoms in total. The number of nitrogens with two attached hydrogens (primary N) is 1. The Balaban J connectivity index is 1.73. The summed E-state index contributed by atoms with van der Waals surface area (Å²) in [6.45, 7) is 5.94. The van der Waals surface area contributed by atoms with Crippen molar-refractivity contribution in [1.82, 2.24) is 10.2 Å². The molecule has 0 aromatic heterocycles. The monoisotopic (exact) mass is 239 g/mol. The van der Waals surface area contributed by atoms with Crippen molar-refractivity contribution in [3.63, 3.8) is 0 Å². The molecule has 0 radical (unpaired) electrons. The van der Waals surface area contributed by atoms with Crippen LogP contribution in [-0.4, -0.2) is 43.0 Å². The summed E-state index contributed by atoms with van der Waals surface area (Å²) in [6, 6.07) is 0.240. The van der Waals surface area contributed by atoms with Crippen LogP contribution < -0.4 is 11.1 Å². The minimum atomic E-state index is -0.212. The van der Waals surface area contributed by atoms with Gasteiger partial charge in [0.1, 0.15) is 0 Å². The van der Waals surface area contributed by atoms with E-state index in [-0.39, 0.29) is 17.4 Å². The fourth-order valence-corrected chi connectivity index (χ4v) is 2.63. The molecule has 1 saturated carbocycles. The highest BCUT2D eigenvalue weighted by Gasteiger charge is 2.48. The van der Waals surface area contributed by atoms with Crippen molar-refractivity contribution in [2.45, 2.75) is 45.1 Å². The molecular weight excluding hydrogens is 214 g/mol. The van der Waals surface area contributed by atoms with Gasteiger partial charge in [-0.25, -0.2) is 0 Å². The Hall–Kier alpha value is -0.610. The highest BCUT2D eigenvalue weighted by molar-refractivity contribution is 5.85. The van der Waals surface area contributed by atoms with Crippen molar-refractivity contribution in [2.75, 3.05) is 26.2 Å². The van der Waals surface area contributed by atoms with E-state index in [9.17, 15) is 4.79 Å². The first-order valence-corrected chi connectivity index (χ1v) is 6.90. The molecule has 0 aromatic rings. The third-order valence-electron chi connectivity index (χ3n) is 4.08. The summed E-state index contributed by atoms with van der Waals surface area (Å²) in [5.74, 6) is 0.171. The molecule has 4 heteroatoms. The number of carbonyl (C=O) groups is 1. The zero-order chi connectivity index (χ0) is 12.3. The number of hydrogen-bond donors (Lipinski definition) is 2. The third kappa shape index (κ3) is 3.19. The van der Waals surface area contributed by atoms with Crippen LogP contribution in [0.3, 0.4) is 0 Å². The Kier molecular flexibility index (Phi) is 4.05. The molecule has 0 bridgehead atoms. The molecule has 1 heterocycles. The second-order valence-corrected chi connectivity index (χ2v) is 5.72. The van der Waals surface area contributed by atoms with Gasteiger partial charge in [0.2, 0.25) is 5.91 Å². The average molecular weight is 239 g/mol. The van der Waals surface area contributed by atoms with Crippen LogP contribution in [0, 0.1) is 5.41 Å². The van der Waals surface area contributed by atoms with Gasteiger partial charge in [0.25, 0.3) is 0 Å². The molecule has 1 saturated heterocycles. The molecule has 1 amide bonds. The minimum Gasteiger partial charge on any atom is -0.352 e. The highest BCUT2D eigenvalue weighted by atomic mass is 16.2. The molecule has 2 fully saturated rings. The van der Waals surface area contributed by atoms with Gasteiger partial charge in [-0.1, -0.05) is 6.42 Å². The summed E-state index contributed by atoms with van der Waals surface area (Å²) < 4.78 is 0. The van der Waals surface area contributed by atoms with Crippen LogP contribution >= 0.6 is 0 Å². The summed E-state index contributed by atoms with van der Waals surface area (Å²) in [6.07, 6.45) is 5.88. The van der Waals surface area contributed by atoms with E-state index in [4.69, 9.17) is 5.73 Å². The van der Waals surface area contributed by atoms with Crippen LogP contribution in [0.15, 0.2) is 0 Å². The van der Waals surface area contributed by atoms with Crippen molar-refractivity contribution in [2.24, 2.45) is 11.1 Å². The smallest absolute Gasteiger partial charge is 0.227 e. The number of piperidine rings is 1. The van der Waals surface area contributed by atoms with Crippen molar-refractivity contribution in [1.29, 1.82) is 0 Å². The lowest BCUT2D eigenvalue weighted by Gasteiger charge is -2.30. The first-order valence-electron chi connectivity index (χ1n) is 6.90. The van der Waals surface area contributed by atoms with Gasteiger partial charge >= 0.3 is 0 Å². The zero-order valence-electron chi connectivity index (χ0n) is 10.9. The van der Waals surface area contributed by atoms with E-state index in [0.717, 1.165) is 19.4 Å². The molecule has 17 heavy (non-hydrogen) atoms. The standard InChI is InChI=1S/C13H25N3O/c1-11(9-16-7-3-2-4-8-16)15-12(17)13(10-14)5-6-13/h11H,2-10,14H2,1H3,(H,15,17). The van der Waals surface area contributed by atoms with Crippen molar-refractivity contribution < 1.29 is 4.79 Å². The maximum Gasteiger partial charge on any atom is 0.227 e. The quantitative estimate of drug-likeness (QED) is 0.743. The molecule has 1 unspecified atom stereocenters. The molecule has 1 aliphatic heterocycles. The largest absolute Gasteiger partial charge is 0.352 e. The summed E-state index contributed by atoms with van der Waals surface area (Å²) in [4.78, 5) is 14.5. The Morgan fingerprint density at radius 1 is 1.35 bits per heavy atom. The van der Waals surface area contributed by atoms with E-state index in [2.05, 4.69) is 17.1 Å². The van der Waals surface area contributed by atoms with E-state index in [0.29, 0.717) is 6.54 Å². The van der Waals surface area contributed by atoms with E-state index < -0.39 is 0 Å². The maximum atomic E-state index is 12.0. The number of rotatable bonds is 5. The summed E-state index contributed by atoms with van der Waals surface area (Å²) in [5, 5.41) is 3.12. The Labute approximate surface area is 104 Å². The van der Waals surface area contributed by atoms with Crippen LogP contribution in [-0.2, 0) is 4.79 Å². The number of likely N-dealkylation sites (tertiary alicyclic amines) is 1. The fraction of sp³-hybridized carbons (Fsp3) is 0.923. The maximum absolute atomic E-state index is 12.0. The second kappa shape index (κ2) is 5.36. The molecule has 2 rings (SSSR count). The van der Waals surface area contributed by atoms with Crippen LogP contribution in [0.4, 0.5) is 0 Å². The normalized spacial score (nSPS) is 25.3. The molecule has 3 N–H and O–H groups in total. The lowest BCUT2D eigenvalue weighted by atomic mass is 10.1. The summed E-state index contributed by atoms with van der Waals surface area (Å²) >= 11 is 0. The zero-order valence-corrected chi connectivity index (χ0v) is 10.9. The van der Waals surface area contributed by atoms with E-state index >= 15 is 0 Å². The van der Waals surface area contributed by atoms with Gasteiger partial charge in [-0.3, -0.25) is 4.79 Å². The lowest BCUT2D eigenvalue weighted by Crippen LogP contribution is -2.47. The second-order valence-electron chi connectivity index (χ2n) is 5.72. The van der Waals surface area contributed by atoms with Gasteiger partial charge in [-0.05, 0) is 45.7 Å². The van der Waals surface area contributed by atoms with Gasteiger partial charge in [0.15, 0.2) is 0 Å². The van der Waals surface area contributed by atoms with Crippen LogP contribution in [0.25, 0.3) is 0 Å². The molecule has 0 spiro atoms. The Morgan fingerprint density at radius 3 is 2.53 bits per heavy atom. The van der Waals surface area contributed by atoms with Crippen LogP contribution in [0.1, 0.15) is 39.0 Å². The van der Waals surface area contributed by atoms with E-state index in [1.165, 1.54) is 32.4 Å². The predicted octanol–water partition coefficient (Wildman–Crippen LogP) is 0.716. The molecule has 2 aliphatic rings. The fourth-order valence-electron chi connectivity index (χ4n) is 2.63. The van der Waals surface area contributed by atoms with Crippen molar-refractivity contribution in [3.05, 3.63) is 0 Å². The predicted molar refractivity (Wildman–Crippen MR) is 68.6 cm³/mol. The van der Waals surface area contributed by atoms with Crippen LogP contribution in [0.2, 0.25) is 0 Å². The average Bonchev–Trinajstić information content (AvgIpc) is 3.11.